The van der Waals surface area contributed by atoms with Crippen LogP contribution in [0.3, 0.4) is 0 Å². The van der Waals surface area contributed by atoms with Crippen LogP contribution in [0.25, 0.3) is 0 Å². The van der Waals surface area contributed by atoms with Crippen molar-refractivity contribution in [3.8, 4) is 0 Å². The van der Waals surface area contributed by atoms with E-state index in [9.17, 15) is 24.5 Å². The Kier molecular flexibility index (Phi) is 33.8. The van der Waals surface area contributed by atoms with E-state index in [4.69, 9.17) is 9.05 Å². The molecule has 4 unspecified atom stereocenters. The van der Waals surface area contributed by atoms with Gasteiger partial charge in [0.05, 0.1) is 39.9 Å². The van der Waals surface area contributed by atoms with E-state index in [-0.39, 0.29) is 18.9 Å². The molecule has 0 radical (unpaired) electrons. The maximum Gasteiger partial charge on any atom is 0.472 e. The minimum absolute atomic E-state index is 0.0101. The molecule has 0 bridgehead atoms. The monoisotopic (exact) mass is 770 g/mol. The Hall–Kier alpha value is -1.58. The van der Waals surface area contributed by atoms with Gasteiger partial charge in [0.15, 0.2) is 0 Å². The molecule has 1 amide bonds. The van der Waals surface area contributed by atoms with Crippen LogP contribution < -0.4 is 5.32 Å². The van der Waals surface area contributed by atoms with Gasteiger partial charge >= 0.3 is 7.82 Å². The third kappa shape index (κ3) is 35.9. The van der Waals surface area contributed by atoms with Gasteiger partial charge in [0.25, 0.3) is 0 Å². The van der Waals surface area contributed by atoms with Crippen molar-refractivity contribution >= 4 is 13.7 Å². The standard InChI is InChI=1S/C43H81N2O7P/c1-6-8-10-12-14-16-18-20-21-22-23-24-26-28-30-32-34-36-42(47)44-40(39-52-53(49,50)51-38-37-45(3,4)5)43(48)41(46)35-33-31-29-27-25-19-17-15-13-11-9-7-2/h7,9,15,17,20-21,27,29,40-41,43,46,48H,6,8,10-14,16,18-19,22-26,28,30-39H2,1-5H3,(H-,44,47,49,50)/p+1/b9-7+,17-15+,21-20-,29-27+. The summed E-state index contributed by atoms with van der Waals surface area (Å²) in [5.74, 6) is -0.282. The van der Waals surface area contributed by atoms with E-state index in [1.165, 1.54) is 64.2 Å². The van der Waals surface area contributed by atoms with Crippen LogP contribution in [0.2, 0.25) is 0 Å². The number of quaternary nitrogens is 1. The number of allylic oxidation sites excluding steroid dienone is 8. The summed E-state index contributed by atoms with van der Waals surface area (Å²) in [5, 5.41) is 24.6. The molecule has 0 aromatic carbocycles. The number of amides is 1. The molecule has 0 rings (SSSR count). The molecule has 0 aliphatic carbocycles. The number of phosphoric ester groups is 1. The van der Waals surface area contributed by atoms with Crippen LogP contribution in [0.4, 0.5) is 0 Å². The van der Waals surface area contributed by atoms with Gasteiger partial charge in [-0.2, -0.15) is 0 Å². The number of phosphoric acid groups is 1. The van der Waals surface area contributed by atoms with Crippen molar-refractivity contribution in [1.29, 1.82) is 0 Å². The SMILES string of the molecule is C/C=C/CC/C=C/CC/C=C/CCCC(O)C(O)C(COP(=O)(O)OCC[N+](C)(C)C)NC(=O)CCCCCCCCC/C=C\CCCCCCCC. The molecule has 53 heavy (non-hydrogen) atoms. The lowest BCUT2D eigenvalue weighted by molar-refractivity contribution is -0.870. The van der Waals surface area contributed by atoms with Crippen LogP contribution in [-0.4, -0.2) is 84.6 Å². The van der Waals surface area contributed by atoms with Gasteiger partial charge < -0.3 is 24.9 Å². The van der Waals surface area contributed by atoms with Gasteiger partial charge in [-0.05, 0) is 84.0 Å². The fraction of sp³-hybridized carbons (Fsp3) is 0.791. The number of likely N-dealkylation sites (N-methyl/N-ethyl adjacent to an activating group) is 1. The minimum Gasteiger partial charge on any atom is -0.390 e. The number of unbranched alkanes of at least 4 members (excludes halogenated alkanes) is 16. The molecule has 0 aromatic heterocycles. The first-order valence-electron chi connectivity index (χ1n) is 21.1. The van der Waals surface area contributed by atoms with Crippen molar-refractivity contribution in [1.82, 2.24) is 5.32 Å². The maximum atomic E-state index is 12.9. The van der Waals surface area contributed by atoms with E-state index in [0.717, 1.165) is 57.8 Å². The maximum absolute atomic E-state index is 12.9. The largest absolute Gasteiger partial charge is 0.472 e. The lowest BCUT2D eigenvalue weighted by Crippen LogP contribution is -2.51. The number of rotatable bonds is 37. The molecule has 10 heteroatoms. The van der Waals surface area contributed by atoms with E-state index in [1.54, 1.807) is 0 Å². The Balaban J connectivity index is 4.59. The lowest BCUT2D eigenvalue weighted by Gasteiger charge is -2.28. The first-order valence-corrected chi connectivity index (χ1v) is 22.5. The summed E-state index contributed by atoms with van der Waals surface area (Å²) in [6, 6.07) is -1.06. The number of carbonyl (C=O) groups is 1. The van der Waals surface area contributed by atoms with Gasteiger partial charge in [0.2, 0.25) is 5.91 Å². The molecule has 0 fully saturated rings. The highest BCUT2D eigenvalue weighted by atomic mass is 31.2. The number of nitrogens with zero attached hydrogens (tertiary/aromatic N) is 1. The summed E-state index contributed by atoms with van der Waals surface area (Å²) in [6.45, 7) is 4.33. The second-order valence-electron chi connectivity index (χ2n) is 15.5. The third-order valence-electron chi connectivity index (χ3n) is 9.19. The summed E-state index contributed by atoms with van der Waals surface area (Å²) in [7, 11) is 1.39. The summed E-state index contributed by atoms with van der Waals surface area (Å²) < 4.78 is 23.4. The smallest absolute Gasteiger partial charge is 0.390 e. The van der Waals surface area contributed by atoms with Crippen molar-refractivity contribution in [2.45, 2.75) is 180 Å². The zero-order chi connectivity index (χ0) is 39.5. The van der Waals surface area contributed by atoms with Crippen molar-refractivity contribution in [3.05, 3.63) is 48.6 Å². The highest BCUT2D eigenvalue weighted by molar-refractivity contribution is 7.47. The summed E-state index contributed by atoms with van der Waals surface area (Å²) in [4.78, 5) is 23.1. The molecule has 4 N–H and O–H groups in total. The van der Waals surface area contributed by atoms with Gasteiger partial charge in [0, 0.05) is 6.42 Å². The van der Waals surface area contributed by atoms with Crippen LogP contribution in [-0.2, 0) is 18.4 Å². The van der Waals surface area contributed by atoms with Gasteiger partial charge in [-0.15, -0.1) is 0 Å². The van der Waals surface area contributed by atoms with Crippen molar-refractivity contribution in [2.75, 3.05) is 40.9 Å². The summed E-state index contributed by atoms with van der Waals surface area (Å²) in [5.41, 5.74) is 0. The molecule has 0 aliphatic heterocycles. The van der Waals surface area contributed by atoms with Gasteiger partial charge in [-0.25, -0.2) is 4.57 Å². The van der Waals surface area contributed by atoms with Crippen molar-refractivity contribution < 1.29 is 38.0 Å². The third-order valence-corrected chi connectivity index (χ3v) is 10.2. The Labute approximate surface area is 325 Å². The fourth-order valence-corrected chi connectivity index (χ4v) is 6.50. The van der Waals surface area contributed by atoms with Crippen LogP contribution in [0.15, 0.2) is 48.6 Å². The van der Waals surface area contributed by atoms with Crippen LogP contribution in [0, 0.1) is 0 Å². The normalized spacial score (nSPS) is 15.5. The molecular formula is C43H82N2O7P+. The van der Waals surface area contributed by atoms with Gasteiger partial charge in [-0.1, -0.05) is 120 Å². The van der Waals surface area contributed by atoms with Crippen LogP contribution >= 0.6 is 7.82 Å². The molecule has 0 saturated heterocycles. The first kappa shape index (κ1) is 51.4. The average Bonchev–Trinajstić information content (AvgIpc) is 3.10. The predicted octanol–water partition coefficient (Wildman–Crippen LogP) is 10.3. The zero-order valence-corrected chi connectivity index (χ0v) is 35.5. The summed E-state index contributed by atoms with van der Waals surface area (Å²) in [6.07, 6.45) is 39.0. The average molecular weight is 770 g/mol. The van der Waals surface area contributed by atoms with Crippen molar-refractivity contribution in [2.24, 2.45) is 0 Å². The number of aliphatic hydroxyl groups is 2. The number of nitrogens with one attached hydrogen (secondary N) is 1. The zero-order valence-electron chi connectivity index (χ0n) is 34.6. The molecule has 0 saturated carbocycles. The van der Waals surface area contributed by atoms with E-state index >= 15 is 0 Å². The Bertz CT molecular complexity index is 1020. The predicted molar refractivity (Wildman–Crippen MR) is 223 cm³/mol. The van der Waals surface area contributed by atoms with E-state index in [1.807, 2.05) is 28.1 Å². The fourth-order valence-electron chi connectivity index (χ4n) is 5.76. The quantitative estimate of drug-likeness (QED) is 0.0215. The van der Waals surface area contributed by atoms with Gasteiger partial charge in [-0.3, -0.25) is 13.8 Å². The van der Waals surface area contributed by atoms with Gasteiger partial charge in [0.1, 0.15) is 19.3 Å². The van der Waals surface area contributed by atoms with E-state index in [0.29, 0.717) is 30.3 Å². The molecule has 0 aromatic rings. The lowest BCUT2D eigenvalue weighted by atomic mass is 10.0. The van der Waals surface area contributed by atoms with E-state index < -0.39 is 32.7 Å². The minimum atomic E-state index is -4.43. The molecule has 0 spiro atoms. The van der Waals surface area contributed by atoms with Crippen LogP contribution in [0.1, 0.15) is 162 Å². The molecular weight excluding hydrogens is 687 g/mol. The number of carbonyl (C=O) groups excluding carboxylic acids is 1. The second-order valence-corrected chi connectivity index (χ2v) is 16.9. The molecule has 0 heterocycles. The Morgan fingerprint density at radius 3 is 1.68 bits per heavy atom. The molecule has 0 aliphatic rings. The number of hydrogen-bond donors (Lipinski definition) is 4. The highest BCUT2D eigenvalue weighted by Crippen LogP contribution is 2.43. The topological polar surface area (TPSA) is 125 Å². The van der Waals surface area contributed by atoms with Crippen molar-refractivity contribution in [3.63, 3.8) is 0 Å². The first-order chi connectivity index (χ1) is 25.4. The molecule has 4 atom stereocenters. The number of hydrogen-bond acceptors (Lipinski definition) is 6. The molecule has 9 nitrogen and oxygen atoms in total. The number of aliphatic hydroxyl groups excluding tert-OH is 2. The Morgan fingerprint density at radius 2 is 1.15 bits per heavy atom. The second kappa shape index (κ2) is 34.9. The molecule has 310 valence electrons. The highest BCUT2D eigenvalue weighted by Gasteiger charge is 2.31. The Morgan fingerprint density at radius 1 is 0.679 bits per heavy atom. The van der Waals surface area contributed by atoms with Crippen LogP contribution in [0.5, 0.6) is 0 Å². The summed E-state index contributed by atoms with van der Waals surface area (Å²) >= 11 is 0. The van der Waals surface area contributed by atoms with E-state index in [2.05, 4.69) is 60.8 Å².